The smallest absolute Gasteiger partial charge is 0.325 e. The van der Waals surface area contributed by atoms with Gasteiger partial charge in [-0.2, -0.15) is 0 Å². The van der Waals surface area contributed by atoms with Crippen molar-refractivity contribution < 1.29 is 19.1 Å². The van der Waals surface area contributed by atoms with Crippen LogP contribution in [0.25, 0.3) is 0 Å². The second-order valence-electron chi connectivity index (χ2n) is 8.44. The number of hydrogen-bond donors (Lipinski definition) is 2. The maximum absolute atomic E-state index is 13.2. The third-order valence-electron chi connectivity index (χ3n) is 6.32. The van der Waals surface area contributed by atoms with Gasteiger partial charge in [-0.1, -0.05) is 36.4 Å². The van der Waals surface area contributed by atoms with E-state index < -0.39 is 11.6 Å². The van der Waals surface area contributed by atoms with Gasteiger partial charge in [0.15, 0.2) is 0 Å². The molecule has 1 fully saturated rings. The van der Waals surface area contributed by atoms with Crippen molar-refractivity contribution in [3.63, 3.8) is 0 Å². The maximum atomic E-state index is 13.2. The van der Waals surface area contributed by atoms with Crippen molar-refractivity contribution in [3.8, 4) is 5.75 Å². The van der Waals surface area contributed by atoms with Gasteiger partial charge in [-0.15, -0.1) is 0 Å². The summed E-state index contributed by atoms with van der Waals surface area (Å²) < 4.78 is 5.30. The van der Waals surface area contributed by atoms with Crippen LogP contribution in [0.1, 0.15) is 29.2 Å². The summed E-state index contributed by atoms with van der Waals surface area (Å²) >= 11 is 0. The molecule has 2 N–H and O–H groups in total. The Labute approximate surface area is 187 Å². The predicted octanol–water partition coefficient (Wildman–Crippen LogP) is 1.81. The van der Waals surface area contributed by atoms with Crippen LogP contribution in [0, 0.1) is 0 Å². The summed E-state index contributed by atoms with van der Waals surface area (Å²) in [5.41, 5.74) is 1.82. The number of fused-ring (bicyclic) bond motifs is 2. The van der Waals surface area contributed by atoms with Crippen molar-refractivity contribution in [2.24, 2.45) is 0 Å². The summed E-state index contributed by atoms with van der Waals surface area (Å²) in [6.07, 6.45) is 1.22. The number of amides is 4. The number of likely N-dealkylation sites (N-methyl/N-ethyl adjacent to an activating group) is 1. The quantitative estimate of drug-likeness (QED) is 0.646. The molecular weight excluding hydrogens is 408 g/mol. The third-order valence-corrected chi connectivity index (χ3v) is 6.32. The molecule has 0 saturated carbocycles. The number of nitrogens with one attached hydrogen (secondary N) is 2. The first-order chi connectivity index (χ1) is 15.4. The van der Waals surface area contributed by atoms with Crippen LogP contribution in [0.4, 0.5) is 4.79 Å². The summed E-state index contributed by atoms with van der Waals surface area (Å²) in [7, 11) is 5.46. The number of carbonyl (C=O) groups excluding carboxylic acids is 3. The van der Waals surface area contributed by atoms with Gasteiger partial charge in [0.25, 0.3) is 5.91 Å². The normalized spacial score (nSPS) is 20.4. The van der Waals surface area contributed by atoms with Crippen molar-refractivity contribution in [3.05, 3.63) is 65.2 Å². The molecule has 0 aromatic heterocycles. The molecule has 4 rings (SSSR count). The molecule has 1 saturated heterocycles. The molecule has 1 spiro atoms. The first-order valence-electron chi connectivity index (χ1n) is 10.7. The van der Waals surface area contributed by atoms with Crippen molar-refractivity contribution in [2.75, 3.05) is 34.3 Å². The van der Waals surface area contributed by atoms with Gasteiger partial charge < -0.3 is 20.3 Å². The van der Waals surface area contributed by atoms with E-state index in [1.165, 1.54) is 0 Å². The van der Waals surface area contributed by atoms with Gasteiger partial charge in [0.1, 0.15) is 17.8 Å². The Hall–Kier alpha value is -3.39. The first-order valence-corrected chi connectivity index (χ1v) is 10.7. The molecule has 8 heteroatoms. The molecule has 1 heterocycles. The lowest BCUT2D eigenvalue weighted by Crippen LogP contribution is -2.45. The second kappa shape index (κ2) is 8.63. The Balaban J connectivity index is 1.43. The highest BCUT2D eigenvalue weighted by atomic mass is 16.5. The van der Waals surface area contributed by atoms with Crippen molar-refractivity contribution >= 4 is 17.8 Å². The number of methoxy groups -OCH3 is 1. The topological polar surface area (TPSA) is 91.0 Å². The molecule has 2 aromatic carbocycles. The predicted molar refractivity (Wildman–Crippen MR) is 119 cm³/mol. The molecule has 2 unspecified atom stereocenters. The van der Waals surface area contributed by atoms with Crippen LogP contribution in [0.2, 0.25) is 0 Å². The van der Waals surface area contributed by atoms with Crippen LogP contribution in [0.5, 0.6) is 5.75 Å². The summed E-state index contributed by atoms with van der Waals surface area (Å²) in [5, 5.41) is 5.72. The summed E-state index contributed by atoms with van der Waals surface area (Å²) in [6, 6.07) is 14.7. The van der Waals surface area contributed by atoms with E-state index in [0.717, 1.165) is 27.3 Å². The van der Waals surface area contributed by atoms with Crippen LogP contribution in [0.3, 0.4) is 0 Å². The van der Waals surface area contributed by atoms with Crippen molar-refractivity contribution in [2.45, 2.75) is 24.4 Å². The van der Waals surface area contributed by atoms with Gasteiger partial charge in [0.2, 0.25) is 5.91 Å². The Morgan fingerprint density at radius 1 is 1.22 bits per heavy atom. The Morgan fingerprint density at radius 2 is 2.00 bits per heavy atom. The highest BCUT2D eigenvalue weighted by Crippen LogP contribution is 2.41. The fourth-order valence-corrected chi connectivity index (χ4v) is 4.59. The van der Waals surface area contributed by atoms with Crippen LogP contribution in [-0.2, 0) is 21.5 Å². The average molecular weight is 437 g/mol. The van der Waals surface area contributed by atoms with Gasteiger partial charge >= 0.3 is 6.03 Å². The van der Waals surface area contributed by atoms with Crippen LogP contribution >= 0.6 is 0 Å². The average Bonchev–Trinajstić information content (AvgIpc) is 3.27. The van der Waals surface area contributed by atoms with E-state index in [1.807, 2.05) is 67.5 Å². The Kier molecular flexibility index (Phi) is 5.88. The SMILES string of the molecule is COc1cccc(C(CNC(=O)CN2C(=O)NC3(CCc4ccccc43)C2=O)N(C)C)c1. The van der Waals surface area contributed by atoms with E-state index in [0.29, 0.717) is 19.4 Å². The Morgan fingerprint density at radius 3 is 2.75 bits per heavy atom. The molecule has 1 aliphatic carbocycles. The zero-order chi connectivity index (χ0) is 22.9. The minimum atomic E-state index is -1.05. The lowest BCUT2D eigenvalue weighted by atomic mass is 9.92. The number of rotatable bonds is 7. The lowest BCUT2D eigenvalue weighted by Gasteiger charge is -2.26. The summed E-state index contributed by atoms with van der Waals surface area (Å²) in [4.78, 5) is 41.5. The van der Waals surface area contributed by atoms with Gasteiger partial charge in [-0.25, -0.2) is 4.79 Å². The zero-order valence-electron chi connectivity index (χ0n) is 18.6. The van der Waals surface area contributed by atoms with Crippen LogP contribution in [0.15, 0.2) is 48.5 Å². The van der Waals surface area contributed by atoms with Gasteiger partial charge in [0.05, 0.1) is 13.2 Å². The van der Waals surface area contributed by atoms with Crippen LogP contribution < -0.4 is 15.4 Å². The van der Waals surface area contributed by atoms with E-state index in [9.17, 15) is 14.4 Å². The first kappa shape index (κ1) is 21.8. The molecule has 2 aliphatic rings. The minimum absolute atomic E-state index is 0.0924. The number of hydrogen-bond acceptors (Lipinski definition) is 5. The molecule has 2 atom stereocenters. The number of ether oxygens (including phenoxy) is 1. The standard InChI is InChI=1S/C24H28N4O4/c1-27(2)20(17-8-6-9-18(13-17)32-3)14-25-21(29)15-28-22(30)24(26-23(28)31)12-11-16-7-4-5-10-19(16)24/h4-10,13,20H,11-12,14-15H2,1-3H3,(H,25,29)(H,26,31). The number of imide groups is 1. The fraction of sp³-hybridized carbons (Fsp3) is 0.375. The summed E-state index contributed by atoms with van der Waals surface area (Å²) in [6.45, 7) is 0.0173. The highest BCUT2D eigenvalue weighted by Gasteiger charge is 2.55. The van der Waals surface area contributed by atoms with Crippen molar-refractivity contribution in [1.82, 2.24) is 20.4 Å². The van der Waals surface area contributed by atoms with E-state index in [4.69, 9.17) is 4.74 Å². The second-order valence-corrected chi connectivity index (χ2v) is 8.44. The molecule has 0 radical (unpaired) electrons. The third kappa shape index (κ3) is 3.82. The van der Waals surface area contributed by atoms with E-state index >= 15 is 0 Å². The number of aryl methyl sites for hydroxylation is 1. The highest BCUT2D eigenvalue weighted by molar-refractivity contribution is 6.09. The molecule has 2 aromatic rings. The number of benzene rings is 2. The molecule has 1 aliphatic heterocycles. The minimum Gasteiger partial charge on any atom is -0.497 e. The largest absolute Gasteiger partial charge is 0.497 e. The van der Waals surface area contributed by atoms with Gasteiger partial charge in [0, 0.05) is 6.54 Å². The van der Waals surface area contributed by atoms with Gasteiger partial charge in [-0.3, -0.25) is 14.5 Å². The van der Waals surface area contributed by atoms with E-state index in [-0.39, 0.29) is 24.4 Å². The molecule has 8 nitrogen and oxygen atoms in total. The van der Waals surface area contributed by atoms with Gasteiger partial charge in [-0.05, 0) is 55.8 Å². The Bertz CT molecular complexity index is 1050. The van der Waals surface area contributed by atoms with Crippen LogP contribution in [-0.4, -0.2) is 61.9 Å². The van der Waals surface area contributed by atoms with E-state index in [2.05, 4.69) is 10.6 Å². The van der Waals surface area contributed by atoms with Crippen molar-refractivity contribution in [1.29, 1.82) is 0 Å². The number of urea groups is 1. The monoisotopic (exact) mass is 436 g/mol. The molecule has 168 valence electrons. The molecule has 0 bridgehead atoms. The molecule has 32 heavy (non-hydrogen) atoms. The fourth-order valence-electron chi connectivity index (χ4n) is 4.59. The summed E-state index contributed by atoms with van der Waals surface area (Å²) in [5.74, 6) is -0.00622. The zero-order valence-corrected chi connectivity index (χ0v) is 18.6. The maximum Gasteiger partial charge on any atom is 0.325 e. The van der Waals surface area contributed by atoms with E-state index in [1.54, 1.807) is 7.11 Å². The number of carbonyl (C=O) groups is 3. The molecule has 4 amide bonds. The molecular formula is C24H28N4O4. The lowest BCUT2D eigenvalue weighted by molar-refractivity contribution is -0.135. The number of nitrogens with zero attached hydrogens (tertiary/aromatic N) is 2.